The molecule has 0 saturated carbocycles. The number of amides is 3. The molecule has 0 bridgehead atoms. The fourth-order valence-electron chi connectivity index (χ4n) is 4.04. The van der Waals surface area contributed by atoms with Gasteiger partial charge in [-0.25, -0.2) is 18.1 Å². The molecule has 2 aliphatic rings. The van der Waals surface area contributed by atoms with E-state index in [1.54, 1.807) is 10.7 Å². The summed E-state index contributed by atoms with van der Waals surface area (Å²) in [6, 6.07) is 3.61. The van der Waals surface area contributed by atoms with E-state index in [1.807, 2.05) is 23.2 Å². The van der Waals surface area contributed by atoms with Crippen LogP contribution < -0.4 is 10.2 Å². The highest BCUT2D eigenvalue weighted by Gasteiger charge is 2.27. The number of carbonyl (C=O) groups is 2. The van der Waals surface area contributed by atoms with E-state index in [1.165, 1.54) is 4.90 Å². The van der Waals surface area contributed by atoms with Crippen LogP contribution in [-0.4, -0.2) is 59.1 Å². The summed E-state index contributed by atoms with van der Waals surface area (Å²) in [7, 11) is 0. The van der Waals surface area contributed by atoms with Gasteiger partial charge in [-0.05, 0) is 56.0 Å². The molecule has 2 aliphatic heterocycles. The minimum Gasteiger partial charge on any atom is -0.298 e. The molecule has 2 fully saturated rings. The van der Waals surface area contributed by atoms with Crippen LogP contribution in [0.3, 0.4) is 0 Å². The van der Waals surface area contributed by atoms with Gasteiger partial charge >= 0.3 is 6.03 Å². The summed E-state index contributed by atoms with van der Waals surface area (Å²) in [6.45, 7) is 1.60. The molecule has 1 N–H and O–H groups in total. The van der Waals surface area contributed by atoms with E-state index < -0.39 is 12.5 Å². The minimum absolute atomic E-state index is 0.141. The first-order valence-corrected chi connectivity index (χ1v) is 9.57. The average Bonchev–Trinajstić information content (AvgIpc) is 3.06. The summed E-state index contributed by atoms with van der Waals surface area (Å²) in [5.41, 5.74) is 2.63. The van der Waals surface area contributed by atoms with Gasteiger partial charge in [0, 0.05) is 19.2 Å². The number of urea groups is 1. The fourth-order valence-corrected chi connectivity index (χ4v) is 4.04. The van der Waals surface area contributed by atoms with E-state index in [2.05, 4.69) is 10.4 Å². The normalized spacial score (nSPS) is 19.6. The molecule has 9 heteroatoms. The molecule has 0 radical (unpaired) electrons. The molecule has 150 valence electrons. The van der Waals surface area contributed by atoms with Crippen LogP contribution in [0.5, 0.6) is 0 Å². The second-order valence-electron chi connectivity index (χ2n) is 7.49. The molecule has 4 rings (SSSR count). The van der Waals surface area contributed by atoms with Crippen molar-refractivity contribution in [3.8, 4) is 0 Å². The smallest absolute Gasteiger partial charge is 0.298 e. The van der Waals surface area contributed by atoms with Gasteiger partial charge in [-0.15, -0.1) is 0 Å². The number of pyridine rings is 1. The molecule has 3 amide bonds. The van der Waals surface area contributed by atoms with Gasteiger partial charge < -0.3 is 0 Å². The molecule has 0 aromatic carbocycles. The summed E-state index contributed by atoms with van der Waals surface area (Å²) in [5, 5.41) is 6.64. The molecule has 2 aromatic rings. The highest BCUT2D eigenvalue weighted by Crippen LogP contribution is 2.27. The number of carbonyl (C=O) groups excluding carboxylic acids is 2. The minimum atomic E-state index is -2.28. The van der Waals surface area contributed by atoms with Crippen molar-refractivity contribution in [1.29, 1.82) is 0 Å². The number of rotatable bonds is 5. The fraction of sp³-hybridized carbons (Fsp3) is 0.526. The van der Waals surface area contributed by atoms with Crippen molar-refractivity contribution in [1.82, 2.24) is 19.8 Å². The van der Waals surface area contributed by atoms with Crippen LogP contribution in [0.4, 0.5) is 19.3 Å². The standard InChI is InChI=1S/C19H23F2N5O2/c20-17(21)12-24-5-1-13(2-6-24)9-14-3-8-26-15(10-14)16(11-22-26)25-7-4-18(27)23-19(25)28/h3,8,10-11,13,17H,1-2,4-7,9,12H2,(H,23,27,28). The summed E-state index contributed by atoms with van der Waals surface area (Å²) >= 11 is 0. The summed E-state index contributed by atoms with van der Waals surface area (Å²) in [4.78, 5) is 26.9. The van der Waals surface area contributed by atoms with Gasteiger partial charge in [0.1, 0.15) is 0 Å². The van der Waals surface area contributed by atoms with Crippen LogP contribution in [0.1, 0.15) is 24.8 Å². The number of piperidine rings is 1. The molecule has 0 atom stereocenters. The lowest BCUT2D eigenvalue weighted by Gasteiger charge is -2.31. The highest BCUT2D eigenvalue weighted by molar-refractivity contribution is 6.07. The second kappa shape index (κ2) is 7.83. The van der Waals surface area contributed by atoms with E-state index in [0.717, 1.165) is 30.3 Å². The number of hydrogen-bond donors (Lipinski definition) is 1. The monoisotopic (exact) mass is 391 g/mol. The summed E-state index contributed by atoms with van der Waals surface area (Å²) < 4.78 is 26.8. The number of nitrogens with one attached hydrogen (secondary N) is 1. The highest BCUT2D eigenvalue weighted by atomic mass is 19.3. The van der Waals surface area contributed by atoms with Gasteiger partial charge in [0.15, 0.2) is 0 Å². The summed E-state index contributed by atoms with van der Waals surface area (Å²) in [6.07, 6.45) is 4.17. The van der Waals surface area contributed by atoms with Gasteiger partial charge in [-0.2, -0.15) is 5.10 Å². The van der Waals surface area contributed by atoms with Crippen molar-refractivity contribution < 1.29 is 18.4 Å². The Morgan fingerprint density at radius 3 is 2.71 bits per heavy atom. The predicted octanol–water partition coefficient (Wildman–Crippen LogP) is 2.30. The van der Waals surface area contributed by atoms with Crippen molar-refractivity contribution in [2.75, 3.05) is 31.1 Å². The van der Waals surface area contributed by atoms with Crippen molar-refractivity contribution >= 4 is 23.1 Å². The topological polar surface area (TPSA) is 70.0 Å². The predicted molar refractivity (Wildman–Crippen MR) is 99.6 cm³/mol. The SMILES string of the molecule is O=C1CCN(c2cnn3ccc(CC4CCN(CC(F)F)CC4)cc23)C(=O)N1. The van der Waals surface area contributed by atoms with Gasteiger partial charge in [-0.1, -0.05) is 0 Å². The number of alkyl halides is 2. The number of fused-ring (bicyclic) bond motifs is 1. The van der Waals surface area contributed by atoms with E-state index >= 15 is 0 Å². The van der Waals surface area contributed by atoms with Crippen molar-refractivity contribution in [3.63, 3.8) is 0 Å². The third-order valence-corrected chi connectivity index (χ3v) is 5.54. The number of hydrogen-bond acceptors (Lipinski definition) is 4. The lowest BCUT2D eigenvalue weighted by molar-refractivity contribution is -0.120. The lowest BCUT2D eigenvalue weighted by Crippen LogP contribution is -2.49. The largest absolute Gasteiger partial charge is 0.328 e. The number of anilines is 1. The molecule has 7 nitrogen and oxygen atoms in total. The maximum Gasteiger partial charge on any atom is 0.328 e. The van der Waals surface area contributed by atoms with E-state index in [4.69, 9.17) is 0 Å². The van der Waals surface area contributed by atoms with Gasteiger partial charge in [-0.3, -0.25) is 19.9 Å². The van der Waals surface area contributed by atoms with Crippen LogP contribution in [-0.2, 0) is 11.2 Å². The van der Waals surface area contributed by atoms with E-state index in [9.17, 15) is 18.4 Å². The van der Waals surface area contributed by atoms with Crippen LogP contribution >= 0.6 is 0 Å². The maximum atomic E-state index is 12.5. The zero-order valence-electron chi connectivity index (χ0n) is 15.5. The number of aromatic nitrogens is 2. The first kappa shape index (κ1) is 18.8. The zero-order valence-corrected chi connectivity index (χ0v) is 15.5. The Morgan fingerprint density at radius 1 is 1.21 bits per heavy atom. The molecule has 0 aliphatic carbocycles. The Bertz CT molecular complexity index is 876. The number of halogens is 2. The second-order valence-corrected chi connectivity index (χ2v) is 7.49. The number of nitrogens with zero attached hydrogens (tertiary/aromatic N) is 4. The Kier molecular flexibility index (Phi) is 5.25. The Balaban J connectivity index is 1.46. The first-order chi connectivity index (χ1) is 13.5. The molecule has 0 unspecified atom stereocenters. The Labute approximate surface area is 161 Å². The zero-order chi connectivity index (χ0) is 19.7. The molecular formula is C19H23F2N5O2. The molecular weight excluding hydrogens is 368 g/mol. The van der Waals surface area contributed by atoms with Crippen LogP contribution in [0.2, 0.25) is 0 Å². The third kappa shape index (κ3) is 3.99. The van der Waals surface area contributed by atoms with Gasteiger partial charge in [0.2, 0.25) is 5.91 Å². The van der Waals surface area contributed by atoms with Gasteiger partial charge in [0.25, 0.3) is 6.43 Å². The average molecular weight is 391 g/mol. The Morgan fingerprint density at radius 2 is 2.00 bits per heavy atom. The van der Waals surface area contributed by atoms with Gasteiger partial charge in [0.05, 0.1) is 23.9 Å². The van der Waals surface area contributed by atoms with E-state index in [-0.39, 0.29) is 18.9 Å². The van der Waals surface area contributed by atoms with Crippen LogP contribution in [0.15, 0.2) is 24.5 Å². The maximum absolute atomic E-state index is 12.5. The first-order valence-electron chi connectivity index (χ1n) is 9.57. The Hall–Kier alpha value is -2.55. The summed E-state index contributed by atoms with van der Waals surface area (Å²) in [5.74, 6) is 0.190. The van der Waals surface area contributed by atoms with Crippen molar-refractivity contribution in [2.45, 2.75) is 32.1 Å². The molecule has 2 aromatic heterocycles. The van der Waals surface area contributed by atoms with E-state index in [0.29, 0.717) is 31.2 Å². The molecule has 4 heterocycles. The molecule has 28 heavy (non-hydrogen) atoms. The van der Waals surface area contributed by atoms with Crippen LogP contribution in [0.25, 0.3) is 5.52 Å². The lowest BCUT2D eigenvalue weighted by atomic mass is 9.90. The molecule has 2 saturated heterocycles. The van der Waals surface area contributed by atoms with Crippen molar-refractivity contribution in [3.05, 3.63) is 30.1 Å². The quantitative estimate of drug-likeness (QED) is 0.849. The van der Waals surface area contributed by atoms with Crippen LogP contribution in [0, 0.1) is 5.92 Å². The molecule has 0 spiro atoms. The number of likely N-dealkylation sites (tertiary alicyclic amines) is 1. The number of imide groups is 1. The van der Waals surface area contributed by atoms with Crippen molar-refractivity contribution in [2.24, 2.45) is 5.92 Å². The third-order valence-electron chi connectivity index (χ3n) is 5.54.